The Balaban J connectivity index is 1.60. The van der Waals surface area contributed by atoms with Gasteiger partial charge in [-0.1, -0.05) is 57.5 Å². The van der Waals surface area contributed by atoms with Crippen LogP contribution < -0.4 is 11.0 Å². The van der Waals surface area contributed by atoms with E-state index in [2.05, 4.69) is 75.6 Å². The first-order valence-corrected chi connectivity index (χ1v) is 12.9. The van der Waals surface area contributed by atoms with E-state index in [-0.39, 0.29) is 5.69 Å². The van der Waals surface area contributed by atoms with E-state index < -0.39 is 5.41 Å². The molecule has 4 heterocycles. The van der Waals surface area contributed by atoms with E-state index in [4.69, 9.17) is 0 Å². The third-order valence-corrected chi connectivity index (χ3v) is 6.84. The second-order valence-corrected chi connectivity index (χ2v) is 10.1. The number of aromatic amines is 1. The summed E-state index contributed by atoms with van der Waals surface area (Å²) in [6, 6.07) is 12.2. The van der Waals surface area contributed by atoms with Gasteiger partial charge >= 0.3 is 5.69 Å². The van der Waals surface area contributed by atoms with Crippen molar-refractivity contribution in [2.45, 2.75) is 58.5 Å². The number of rotatable bonds is 10. The van der Waals surface area contributed by atoms with Gasteiger partial charge in [-0.25, -0.2) is 4.79 Å². The lowest BCUT2D eigenvalue weighted by molar-refractivity contribution is 0.492. The zero-order valence-corrected chi connectivity index (χ0v) is 21.6. The SMILES string of the molecule is CCCCc1cn(-c2cccn2CC(C)C)c(=O)n1CC1(c2cccc(-c3nn[nH]n3)c2)C=CNC=C1. The van der Waals surface area contributed by atoms with Gasteiger partial charge in [0, 0.05) is 36.7 Å². The van der Waals surface area contributed by atoms with Gasteiger partial charge in [0.05, 0.1) is 5.41 Å². The minimum Gasteiger partial charge on any atom is -0.368 e. The van der Waals surface area contributed by atoms with Gasteiger partial charge in [0.2, 0.25) is 5.82 Å². The summed E-state index contributed by atoms with van der Waals surface area (Å²) < 4.78 is 5.92. The van der Waals surface area contributed by atoms with Crippen molar-refractivity contribution in [3.8, 4) is 17.2 Å². The molecule has 0 fully saturated rings. The van der Waals surface area contributed by atoms with E-state index in [0.29, 0.717) is 18.3 Å². The van der Waals surface area contributed by atoms with Crippen LogP contribution >= 0.6 is 0 Å². The van der Waals surface area contributed by atoms with Crippen LogP contribution in [-0.2, 0) is 24.9 Å². The first-order valence-electron chi connectivity index (χ1n) is 12.9. The maximum atomic E-state index is 14.0. The van der Waals surface area contributed by atoms with Crippen LogP contribution in [0.4, 0.5) is 0 Å². The van der Waals surface area contributed by atoms with Crippen molar-refractivity contribution in [1.82, 2.24) is 39.6 Å². The summed E-state index contributed by atoms with van der Waals surface area (Å²) >= 11 is 0. The molecule has 9 nitrogen and oxygen atoms in total. The molecule has 2 N–H and O–H groups in total. The second kappa shape index (κ2) is 10.5. The Morgan fingerprint density at radius 3 is 2.68 bits per heavy atom. The number of H-pyrrole nitrogens is 1. The number of imidazole rings is 1. The molecule has 0 saturated carbocycles. The molecule has 1 aliphatic heterocycles. The van der Waals surface area contributed by atoms with Crippen molar-refractivity contribution in [2.24, 2.45) is 5.92 Å². The number of allylic oxidation sites excluding steroid dienone is 2. The van der Waals surface area contributed by atoms with Crippen LogP contribution in [0.25, 0.3) is 17.2 Å². The minimum absolute atomic E-state index is 0.0242. The molecule has 0 bridgehead atoms. The third kappa shape index (κ3) is 4.94. The first-order chi connectivity index (χ1) is 18.0. The number of dihydropyridines is 1. The number of unbranched alkanes of at least 4 members (excludes halogenated alkanes) is 1. The number of benzene rings is 1. The molecular formula is C28H34N8O. The van der Waals surface area contributed by atoms with Crippen molar-refractivity contribution in [3.63, 3.8) is 0 Å². The van der Waals surface area contributed by atoms with Crippen molar-refractivity contribution in [3.05, 3.63) is 95.1 Å². The summed E-state index contributed by atoms with van der Waals surface area (Å²) in [6.45, 7) is 7.89. The molecule has 1 aromatic carbocycles. The molecule has 37 heavy (non-hydrogen) atoms. The topological polar surface area (TPSA) is 98.4 Å². The maximum absolute atomic E-state index is 14.0. The number of hydrogen-bond acceptors (Lipinski definition) is 5. The molecule has 192 valence electrons. The molecule has 0 saturated heterocycles. The Morgan fingerprint density at radius 2 is 1.95 bits per heavy atom. The van der Waals surface area contributed by atoms with Crippen LogP contribution in [0, 0.1) is 5.92 Å². The predicted molar refractivity (Wildman–Crippen MR) is 144 cm³/mol. The quantitative estimate of drug-likeness (QED) is 0.342. The van der Waals surface area contributed by atoms with Crippen LogP contribution in [-0.4, -0.2) is 34.3 Å². The molecule has 0 radical (unpaired) electrons. The van der Waals surface area contributed by atoms with Gasteiger partial charge in [-0.15, -0.1) is 10.2 Å². The summed E-state index contributed by atoms with van der Waals surface area (Å²) in [5, 5.41) is 17.7. The van der Waals surface area contributed by atoms with Crippen molar-refractivity contribution in [2.75, 3.05) is 0 Å². The van der Waals surface area contributed by atoms with Gasteiger partial charge in [-0.05, 0) is 60.1 Å². The molecule has 1 aliphatic rings. The lowest BCUT2D eigenvalue weighted by Crippen LogP contribution is -2.36. The molecule has 0 spiro atoms. The molecule has 3 aromatic heterocycles. The lowest BCUT2D eigenvalue weighted by Gasteiger charge is -2.31. The zero-order valence-electron chi connectivity index (χ0n) is 21.6. The van der Waals surface area contributed by atoms with Crippen molar-refractivity contribution in [1.29, 1.82) is 0 Å². The third-order valence-electron chi connectivity index (χ3n) is 6.84. The van der Waals surface area contributed by atoms with Crippen LogP contribution in [0.1, 0.15) is 44.9 Å². The van der Waals surface area contributed by atoms with E-state index in [9.17, 15) is 4.79 Å². The Bertz CT molecular complexity index is 1440. The van der Waals surface area contributed by atoms with Gasteiger partial charge < -0.3 is 9.88 Å². The molecule has 0 aliphatic carbocycles. The maximum Gasteiger partial charge on any atom is 0.334 e. The fourth-order valence-electron chi connectivity index (χ4n) is 4.98. The lowest BCUT2D eigenvalue weighted by atomic mass is 9.78. The number of nitrogens with zero attached hydrogens (tertiary/aromatic N) is 6. The Kier molecular flexibility index (Phi) is 6.94. The Hall–Kier alpha value is -4.14. The highest BCUT2D eigenvalue weighted by Crippen LogP contribution is 2.33. The molecule has 5 rings (SSSR count). The fraction of sp³-hybridized carbons (Fsp3) is 0.357. The van der Waals surface area contributed by atoms with Crippen LogP contribution in [0.15, 0.2) is 78.1 Å². The predicted octanol–water partition coefficient (Wildman–Crippen LogP) is 4.19. The van der Waals surface area contributed by atoms with E-state index in [0.717, 1.165) is 48.4 Å². The molecule has 9 heteroatoms. The average Bonchev–Trinajstić information content (AvgIpc) is 3.66. The monoisotopic (exact) mass is 498 g/mol. The van der Waals surface area contributed by atoms with Gasteiger partial charge in [0.1, 0.15) is 5.82 Å². The van der Waals surface area contributed by atoms with Crippen LogP contribution in [0.3, 0.4) is 0 Å². The normalized spacial score (nSPS) is 14.4. The smallest absolute Gasteiger partial charge is 0.334 e. The minimum atomic E-state index is -0.526. The summed E-state index contributed by atoms with van der Waals surface area (Å²) in [5.74, 6) is 1.92. The highest BCUT2D eigenvalue weighted by Gasteiger charge is 2.31. The summed E-state index contributed by atoms with van der Waals surface area (Å²) in [5.41, 5.74) is 2.41. The highest BCUT2D eigenvalue weighted by molar-refractivity contribution is 5.57. The number of aryl methyl sites for hydroxylation is 1. The van der Waals surface area contributed by atoms with E-state index in [1.54, 1.807) is 0 Å². The van der Waals surface area contributed by atoms with Crippen molar-refractivity contribution < 1.29 is 0 Å². The summed E-state index contributed by atoms with van der Waals surface area (Å²) in [4.78, 5) is 14.0. The van der Waals surface area contributed by atoms with Crippen LogP contribution in [0.2, 0.25) is 0 Å². The van der Waals surface area contributed by atoms with Gasteiger partial charge in [-0.2, -0.15) is 5.21 Å². The number of hydrogen-bond donors (Lipinski definition) is 2. The molecule has 0 amide bonds. The average molecular weight is 499 g/mol. The number of nitrogens with one attached hydrogen (secondary N) is 2. The Morgan fingerprint density at radius 1 is 1.11 bits per heavy atom. The first kappa shape index (κ1) is 24.5. The van der Waals surface area contributed by atoms with E-state index in [1.165, 1.54) is 0 Å². The molecular weight excluding hydrogens is 464 g/mol. The highest BCUT2D eigenvalue weighted by atomic mass is 16.1. The largest absolute Gasteiger partial charge is 0.368 e. The summed E-state index contributed by atoms with van der Waals surface area (Å²) in [7, 11) is 0. The number of tetrazole rings is 1. The van der Waals surface area contributed by atoms with Gasteiger partial charge in [0.15, 0.2) is 0 Å². The molecule has 4 aromatic rings. The van der Waals surface area contributed by atoms with Gasteiger partial charge in [0.25, 0.3) is 0 Å². The van der Waals surface area contributed by atoms with E-state index in [1.807, 2.05) is 58.2 Å². The second-order valence-electron chi connectivity index (χ2n) is 10.1. The fourth-order valence-corrected chi connectivity index (χ4v) is 4.98. The Labute approximate surface area is 216 Å². The molecule has 0 atom stereocenters. The molecule has 0 unspecified atom stereocenters. The van der Waals surface area contributed by atoms with Gasteiger partial charge in [-0.3, -0.25) is 9.13 Å². The number of aromatic nitrogens is 7. The van der Waals surface area contributed by atoms with Crippen LogP contribution in [0.5, 0.6) is 0 Å². The van der Waals surface area contributed by atoms with E-state index >= 15 is 0 Å². The van der Waals surface area contributed by atoms with Crippen molar-refractivity contribution >= 4 is 0 Å². The standard InChI is InChI=1S/C28H34N8O/c1-4-5-10-24-19-35(25-11-7-16-34(25)18-21(2)3)27(37)36(24)20-28(12-14-29-15-13-28)23-9-6-8-22(17-23)26-30-32-33-31-26/h6-9,11-17,19,21,29H,4-5,10,18,20H2,1-3H3,(H,30,31,32,33). The summed E-state index contributed by atoms with van der Waals surface area (Å²) in [6.07, 6.45) is 15.1. The zero-order chi connectivity index (χ0) is 25.8.